The van der Waals surface area contributed by atoms with Crippen LogP contribution >= 0.6 is 0 Å². The van der Waals surface area contributed by atoms with Crippen LogP contribution in [0.3, 0.4) is 0 Å². The molecule has 2 aliphatic heterocycles. The van der Waals surface area contributed by atoms with Crippen LogP contribution in [0.5, 0.6) is 0 Å². The highest BCUT2D eigenvalue weighted by Crippen LogP contribution is 2.17. The van der Waals surface area contributed by atoms with Crippen LogP contribution in [0.2, 0.25) is 0 Å². The van der Waals surface area contributed by atoms with Crippen molar-refractivity contribution in [1.82, 2.24) is 15.8 Å². The maximum atomic E-state index is 12.1. The number of anilines is 1. The van der Waals surface area contributed by atoms with Crippen LogP contribution in [-0.4, -0.2) is 42.6 Å². The molecule has 3 rings (SSSR count). The van der Waals surface area contributed by atoms with E-state index in [1.807, 2.05) is 6.07 Å². The Morgan fingerprint density at radius 1 is 1.08 bits per heavy atom. The molecule has 2 saturated heterocycles. The van der Waals surface area contributed by atoms with Crippen LogP contribution in [0.15, 0.2) is 18.3 Å². The smallest absolute Gasteiger partial charge is 0.271 e. The van der Waals surface area contributed by atoms with Crippen molar-refractivity contribution in [2.75, 3.05) is 24.6 Å². The number of hydrogen-bond donors (Lipinski definition) is 2. The molecule has 0 aliphatic carbocycles. The van der Waals surface area contributed by atoms with Gasteiger partial charge in [-0.05, 0) is 37.8 Å². The van der Waals surface area contributed by atoms with Crippen molar-refractivity contribution in [1.29, 1.82) is 0 Å². The van der Waals surface area contributed by atoms with Crippen LogP contribution in [0.1, 0.15) is 48.9 Å². The summed E-state index contributed by atoms with van der Waals surface area (Å²) in [4.78, 5) is 30.5. The first kappa shape index (κ1) is 16.7. The van der Waals surface area contributed by atoms with Gasteiger partial charge in [0.25, 0.3) is 11.8 Å². The minimum Gasteiger partial charge on any atom is -0.368 e. The van der Waals surface area contributed by atoms with Gasteiger partial charge in [-0.2, -0.15) is 0 Å². The minimum atomic E-state index is -0.464. The zero-order valence-corrected chi connectivity index (χ0v) is 13.8. The topological polar surface area (TPSA) is 83.6 Å². The van der Waals surface area contributed by atoms with E-state index in [0.717, 1.165) is 25.3 Å². The lowest BCUT2D eigenvalue weighted by Crippen LogP contribution is -2.46. The average molecular weight is 332 g/mol. The summed E-state index contributed by atoms with van der Waals surface area (Å²) in [6.07, 6.45) is 7.53. The third-order valence-corrected chi connectivity index (χ3v) is 4.46. The fraction of sp³-hybridized carbons (Fsp3) is 0.588. The Bertz CT molecular complexity index is 562. The summed E-state index contributed by atoms with van der Waals surface area (Å²) in [6.45, 7) is 2.61. The molecule has 2 amide bonds. The summed E-state index contributed by atoms with van der Waals surface area (Å²) in [5.74, 6) is 0.211. The van der Waals surface area contributed by atoms with Gasteiger partial charge in [-0.3, -0.25) is 20.4 Å². The first-order valence-corrected chi connectivity index (χ1v) is 8.67. The van der Waals surface area contributed by atoms with Crippen LogP contribution < -0.4 is 15.8 Å². The predicted molar refractivity (Wildman–Crippen MR) is 89.5 cm³/mol. The molecule has 0 saturated carbocycles. The van der Waals surface area contributed by atoms with Crippen LogP contribution in [-0.2, 0) is 9.53 Å². The molecule has 130 valence electrons. The fourth-order valence-electron chi connectivity index (χ4n) is 3.06. The molecule has 2 N–H and O–H groups in total. The highest BCUT2D eigenvalue weighted by Gasteiger charge is 2.23. The van der Waals surface area contributed by atoms with E-state index >= 15 is 0 Å². The van der Waals surface area contributed by atoms with Gasteiger partial charge in [-0.25, -0.2) is 4.98 Å². The Kier molecular flexibility index (Phi) is 5.63. The molecule has 1 aromatic rings. The van der Waals surface area contributed by atoms with Gasteiger partial charge >= 0.3 is 0 Å². The molecule has 0 aromatic carbocycles. The van der Waals surface area contributed by atoms with Crippen molar-refractivity contribution in [3.05, 3.63) is 23.9 Å². The van der Waals surface area contributed by atoms with Crippen LogP contribution in [0, 0.1) is 0 Å². The van der Waals surface area contributed by atoms with E-state index in [-0.39, 0.29) is 11.8 Å². The molecule has 24 heavy (non-hydrogen) atoms. The number of pyridine rings is 1. The number of nitrogens with one attached hydrogen (secondary N) is 2. The maximum Gasteiger partial charge on any atom is 0.271 e. The zero-order valence-electron chi connectivity index (χ0n) is 13.8. The van der Waals surface area contributed by atoms with Gasteiger partial charge in [0, 0.05) is 25.9 Å². The standard InChI is InChI=1S/C17H24N4O3/c22-16(19-20-17(23)14-6-5-11-24-14)13-7-8-15(18-12-13)21-9-3-1-2-4-10-21/h7-8,12,14H,1-6,9-11H2,(H,19,22)(H,20,23). The normalized spacial score (nSPS) is 21.2. The summed E-state index contributed by atoms with van der Waals surface area (Å²) in [6, 6.07) is 3.60. The molecule has 0 bridgehead atoms. The Balaban J connectivity index is 1.52. The lowest BCUT2D eigenvalue weighted by Gasteiger charge is -2.21. The van der Waals surface area contributed by atoms with Crippen LogP contribution in [0.4, 0.5) is 5.82 Å². The van der Waals surface area contributed by atoms with Crippen molar-refractivity contribution in [2.24, 2.45) is 0 Å². The fourth-order valence-corrected chi connectivity index (χ4v) is 3.06. The average Bonchev–Trinajstić information content (AvgIpc) is 3.02. The highest BCUT2D eigenvalue weighted by molar-refractivity contribution is 5.95. The second-order valence-corrected chi connectivity index (χ2v) is 6.25. The number of amides is 2. The van der Waals surface area contributed by atoms with Crippen molar-refractivity contribution < 1.29 is 14.3 Å². The Labute approximate surface area is 141 Å². The molecular formula is C17H24N4O3. The van der Waals surface area contributed by atoms with E-state index in [4.69, 9.17) is 4.74 Å². The molecule has 7 heteroatoms. The number of rotatable bonds is 3. The summed E-state index contributed by atoms with van der Waals surface area (Å²) < 4.78 is 5.26. The lowest BCUT2D eigenvalue weighted by atomic mass is 10.2. The molecule has 0 spiro atoms. The Morgan fingerprint density at radius 3 is 2.50 bits per heavy atom. The third-order valence-electron chi connectivity index (χ3n) is 4.46. The van der Waals surface area contributed by atoms with E-state index < -0.39 is 6.10 Å². The predicted octanol–water partition coefficient (Wildman–Crippen LogP) is 1.40. The van der Waals surface area contributed by atoms with Crippen molar-refractivity contribution in [2.45, 2.75) is 44.6 Å². The van der Waals surface area contributed by atoms with Gasteiger partial charge in [-0.1, -0.05) is 12.8 Å². The van der Waals surface area contributed by atoms with Crippen LogP contribution in [0.25, 0.3) is 0 Å². The number of hydrogen-bond acceptors (Lipinski definition) is 5. The summed E-state index contributed by atoms with van der Waals surface area (Å²) in [5, 5.41) is 0. The molecule has 7 nitrogen and oxygen atoms in total. The number of aromatic nitrogens is 1. The Morgan fingerprint density at radius 2 is 1.88 bits per heavy atom. The number of hydrazine groups is 1. The molecule has 0 radical (unpaired) electrons. The molecule has 1 unspecified atom stereocenters. The van der Waals surface area contributed by atoms with Crippen molar-refractivity contribution >= 4 is 17.6 Å². The largest absolute Gasteiger partial charge is 0.368 e. The van der Waals surface area contributed by atoms with E-state index in [1.165, 1.54) is 25.7 Å². The maximum absolute atomic E-state index is 12.1. The lowest BCUT2D eigenvalue weighted by molar-refractivity contribution is -0.130. The third kappa shape index (κ3) is 4.23. The van der Waals surface area contributed by atoms with Gasteiger partial charge in [0.05, 0.1) is 5.56 Å². The van der Waals surface area contributed by atoms with Gasteiger partial charge in [0.1, 0.15) is 11.9 Å². The molecule has 1 aromatic heterocycles. The minimum absolute atomic E-state index is 0.310. The van der Waals surface area contributed by atoms with Crippen molar-refractivity contribution in [3.63, 3.8) is 0 Å². The number of carbonyl (C=O) groups excluding carboxylic acids is 2. The second-order valence-electron chi connectivity index (χ2n) is 6.25. The van der Waals surface area contributed by atoms with Crippen molar-refractivity contribution in [3.8, 4) is 0 Å². The second kappa shape index (κ2) is 8.10. The Hall–Kier alpha value is -2.15. The molecular weight excluding hydrogens is 308 g/mol. The van der Waals surface area contributed by atoms with E-state index in [0.29, 0.717) is 18.6 Å². The SMILES string of the molecule is O=C(NNC(=O)C1CCCO1)c1ccc(N2CCCCCC2)nc1. The van der Waals surface area contributed by atoms with Gasteiger partial charge in [-0.15, -0.1) is 0 Å². The summed E-state index contributed by atoms with van der Waals surface area (Å²) >= 11 is 0. The van der Waals surface area contributed by atoms with Gasteiger partial charge < -0.3 is 9.64 Å². The van der Waals surface area contributed by atoms with Gasteiger partial charge in [0.2, 0.25) is 0 Å². The summed E-state index contributed by atoms with van der Waals surface area (Å²) in [5.41, 5.74) is 5.24. The molecule has 3 heterocycles. The van der Waals surface area contributed by atoms with E-state index in [2.05, 4.69) is 20.7 Å². The number of carbonyl (C=O) groups is 2. The molecule has 1 atom stereocenters. The van der Waals surface area contributed by atoms with E-state index in [1.54, 1.807) is 12.3 Å². The molecule has 2 fully saturated rings. The number of nitrogens with zero attached hydrogens (tertiary/aromatic N) is 2. The highest BCUT2D eigenvalue weighted by atomic mass is 16.5. The summed E-state index contributed by atoms with van der Waals surface area (Å²) in [7, 11) is 0. The zero-order chi connectivity index (χ0) is 16.8. The van der Waals surface area contributed by atoms with E-state index in [9.17, 15) is 9.59 Å². The monoisotopic (exact) mass is 332 g/mol. The number of ether oxygens (including phenoxy) is 1. The quantitative estimate of drug-likeness (QED) is 0.818. The first-order valence-electron chi connectivity index (χ1n) is 8.67. The van der Waals surface area contributed by atoms with Gasteiger partial charge in [0.15, 0.2) is 0 Å². The first-order chi connectivity index (χ1) is 11.7. The molecule has 2 aliphatic rings.